The van der Waals surface area contributed by atoms with Crippen LogP contribution >= 0.6 is 23.1 Å². The molecule has 1 aromatic carbocycles. The quantitative estimate of drug-likeness (QED) is 0.682. The summed E-state index contributed by atoms with van der Waals surface area (Å²) in [5, 5.41) is 4.00. The summed E-state index contributed by atoms with van der Waals surface area (Å²) in [6.45, 7) is 0. The Labute approximate surface area is 129 Å². The number of amides is 1. The van der Waals surface area contributed by atoms with Crippen molar-refractivity contribution >= 4 is 39.2 Å². The number of thiazole rings is 1. The van der Waals surface area contributed by atoms with Gasteiger partial charge in [0.25, 0.3) is 5.91 Å². The minimum atomic E-state index is -0.276. The number of rotatable bonds is 2. The summed E-state index contributed by atoms with van der Waals surface area (Å²) >= 11 is 3.22. The summed E-state index contributed by atoms with van der Waals surface area (Å²) in [7, 11) is 3.66. The summed E-state index contributed by atoms with van der Waals surface area (Å²) in [4.78, 5) is 18.3. The van der Waals surface area contributed by atoms with Crippen LogP contribution in [0, 0.1) is 0 Å². The summed E-state index contributed by atoms with van der Waals surface area (Å²) in [6.07, 6.45) is 3.64. The summed E-state index contributed by atoms with van der Waals surface area (Å²) in [6, 6.07) is 7.93. The van der Waals surface area contributed by atoms with Crippen LogP contribution in [-0.4, -0.2) is 26.5 Å². The average molecular weight is 318 g/mol. The van der Waals surface area contributed by atoms with E-state index in [4.69, 9.17) is 0 Å². The van der Waals surface area contributed by atoms with E-state index in [2.05, 4.69) is 28.3 Å². The predicted octanol–water partition coefficient (Wildman–Crippen LogP) is 2.44. The van der Waals surface area contributed by atoms with E-state index in [1.807, 2.05) is 17.9 Å². The van der Waals surface area contributed by atoms with Gasteiger partial charge in [-0.05, 0) is 30.5 Å². The van der Waals surface area contributed by atoms with Crippen molar-refractivity contribution in [2.24, 2.45) is 19.1 Å². The molecular weight excluding hydrogens is 304 g/mol. The molecule has 0 N–H and O–H groups in total. The van der Waals surface area contributed by atoms with Crippen LogP contribution < -0.4 is 4.80 Å². The normalized spacial score (nSPS) is 12.2. The van der Waals surface area contributed by atoms with E-state index in [9.17, 15) is 4.79 Å². The van der Waals surface area contributed by atoms with E-state index in [0.29, 0.717) is 10.5 Å². The lowest BCUT2D eigenvalue weighted by Gasteiger charge is -1.98. The maximum atomic E-state index is 12.2. The van der Waals surface area contributed by atoms with Crippen molar-refractivity contribution in [1.29, 1.82) is 0 Å². The van der Waals surface area contributed by atoms with Crippen molar-refractivity contribution in [2.75, 3.05) is 6.26 Å². The molecule has 0 atom stereocenters. The minimum absolute atomic E-state index is 0.276. The first-order valence-electron chi connectivity index (χ1n) is 6.31. The Morgan fingerprint density at radius 3 is 2.81 bits per heavy atom. The molecule has 0 spiro atoms. The van der Waals surface area contributed by atoms with Gasteiger partial charge < -0.3 is 4.57 Å². The van der Waals surface area contributed by atoms with Gasteiger partial charge in [-0.2, -0.15) is 10.1 Å². The summed E-state index contributed by atoms with van der Waals surface area (Å²) in [5.74, 6) is -0.276. The third-order valence-electron chi connectivity index (χ3n) is 3.25. The maximum absolute atomic E-state index is 12.2. The first-order chi connectivity index (χ1) is 10.1. The molecule has 108 valence electrons. The van der Waals surface area contributed by atoms with Gasteiger partial charge in [0.1, 0.15) is 5.69 Å². The predicted molar refractivity (Wildman–Crippen MR) is 85.7 cm³/mol. The van der Waals surface area contributed by atoms with Crippen LogP contribution in [-0.2, 0) is 14.1 Å². The lowest BCUT2D eigenvalue weighted by atomic mass is 10.3. The van der Waals surface area contributed by atoms with E-state index >= 15 is 0 Å². The van der Waals surface area contributed by atoms with Crippen LogP contribution in [0.15, 0.2) is 40.4 Å². The Kier molecular flexibility index (Phi) is 3.69. The zero-order valence-electron chi connectivity index (χ0n) is 11.9. The van der Waals surface area contributed by atoms with Gasteiger partial charge in [0.2, 0.25) is 0 Å². The van der Waals surface area contributed by atoms with Crippen LogP contribution in [0.4, 0.5) is 0 Å². The van der Waals surface area contributed by atoms with Crippen LogP contribution in [0.1, 0.15) is 10.5 Å². The Balaban J connectivity index is 2.12. The third kappa shape index (κ3) is 2.54. The molecule has 7 heteroatoms. The number of aromatic nitrogens is 3. The Morgan fingerprint density at radius 2 is 2.14 bits per heavy atom. The molecule has 0 saturated heterocycles. The molecular formula is C14H14N4OS2. The molecule has 2 heterocycles. The molecule has 0 unspecified atom stereocenters. The van der Waals surface area contributed by atoms with Crippen molar-refractivity contribution in [3.63, 3.8) is 0 Å². The second-order valence-corrected chi connectivity index (χ2v) is 6.42. The number of carbonyl (C=O) groups is 1. The standard InChI is InChI=1S/C14H14N4OS2/c1-17-10-5-4-9(20-3)8-12(10)21-14(17)16-13(19)11-6-7-15-18(11)2/h4-8H,1-3H3. The lowest BCUT2D eigenvalue weighted by molar-refractivity contribution is 0.0989. The Bertz CT molecular complexity index is 888. The highest BCUT2D eigenvalue weighted by atomic mass is 32.2. The van der Waals surface area contributed by atoms with Crippen LogP contribution in [0.25, 0.3) is 10.2 Å². The zero-order valence-corrected chi connectivity index (χ0v) is 13.5. The smallest absolute Gasteiger partial charge is 0.297 e. The van der Waals surface area contributed by atoms with Gasteiger partial charge in [-0.25, -0.2) is 0 Å². The van der Waals surface area contributed by atoms with Gasteiger partial charge in [0, 0.05) is 25.2 Å². The highest BCUT2D eigenvalue weighted by Gasteiger charge is 2.10. The fourth-order valence-electron chi connectivity index (χ4n) is 2.08. The van der Waals surface area contributed by atoms with E-state index in [-0.39, 0.29) is 5.91 Å². The SMILES string of the molecule is CSc1ccc2c(c1)sc(=NC(=O)c1ccnn1C)n2C. The van der Waals surface area contributed by atoms with Gasteiger partial charge >= 0.3 is 0 Å². The molecule has 0 aliphatic rings. The minimum Gasteiger partial charge on any atom is -0.319 e. The van der Waals surface area contributed by atoms with E-state index in [0.717, 1.165) is 10.2 Å². The first kappa shape index (κ1) is 14.1. The van der Waals surface area contributed by atoms with E-state index < -0.39 is 0 Å². The van der Waals surface area contributed by atoms with E-state index in [1.54, 1.807) is 31.1 Å². The van der Waals surface area contributed by atoms with Crippen LogP contribution in [0.3, 0.4) is 0 Å². The molecule has 0 saturated carbocycles. The number of nitrogens with zero attached hydrogens (tertiary/aromatic N) is 4. The fourth-order valence-corrected chi connectivity index (χ4v) is 3.65. The highest BCUT2D eigenvalue weighted by molar-refractivity contribution is 7.98. The van der Waals surface area contributed by atoms with Crippen molar-refractivity contribution < 1.29 is 4.79 Å². The largest absolute Gasteiger partial charge is 0.319 e. The maximum Gasteiger partial charge on any atom is 0.297 e. The van der Waals surface area contributed by atoms with Crippen molar-refractivity contribution in [1.82, 2.24) is 14.3 Å². The Hall–Kier alpha value is -1.86. The Morgan fingerprint density at radius 1 is 1.33 bits per heavy atom. The molecule has 0 aliphatic carbocycles. The van der Waals surface area contributed by atoms with Crippen LogP contribution in [0.2, 0.25) is 0 Å². The molecule has 1 amide bonds. The van der Waals surface area contributed by atoms with Crippen LogP contribution in [0.5, 0.6) is 0 Å². The van der Waals surface area contributed by atoms with Gasteiger partial charge in [-0.3, -0.25) is 9.48 Å². The lowest BCUT2D eigenvalue weighted by Crippen LogP contribution is -2.14. The highest BCUT2D eigenvalue weighted by Crippen LogP contribution is 2.23. The molecule has 0 radical (unpaired) electrons. The third-order valence-corrected chi connectivity index (χ3v) is 5.07. The fraction of sp³-hybridized carbons (Fsp3) is 0.214. The number of hydrogen-bond acceptors (Lipinski definition) is 4. The topological polar surface area (TPSA) is 52.2 Å². The molecule has 2 aromatic heterocycles. The molecule has 21 heavy (non-hydrogen) atoms. The number of carbonyl (C=O) groups excluding carboxylic acids is 1. The molecule has 0 bridgehead atoms. The zero-order chi connectivity index (χ0) is 15.0. The van der Waals surface area contributed by atoms with Gasteiger partial charge in [-0.15, -0.1) is 11.8 Å². The second kappa shape index (κ2) is 5.50. The summed E-state index contributed by atoms with van der Waals surface area (Å²) in [5.41, 5.74) is 1.56. The van der Waals surface area contributed by atoms with Crippen molar-refractivity contribution in [3.8, 4) is 0 Å². The van der Waals surface area contributed by atoms with Gasteiger partial charge in [-0.1, -0.05) is 11.3 Å². The van der Waals surface area contributed by atoms with E-state index in [1.165, 1.54) is 20.9 Å². The molecule has 5 nitrogen and oxygen atoms in total. The molecule has 3 aromatic rings. The number of aryl methyl sites for hydroxylation is 2. The number of benzene rings is 1. The molecule has 0 fully saturated rings. The second-order valence-electron chi connectivity index (χ2n) is 4.53. The van der Waals surface area contributed by atoms with Crippen molar-refractivity contribution in [2.45, 2.75) is 4.90 Å². The average Bonchev–Trinajstić information content (AvgIpc) is 3.03. The number of hydrogen-bond donors (Lipinski definition) is 0. The van der Waals surface area contributed by atoms with Gasteiger partial charge in [0.05, 0.1) is 10.2 Å². The first-order valence-corrected chi connectivity index (χ1v) is 8.35. The van der Waals surface area contributed by atoms with Crippen molar-refractivity contribution in [3.05, 3.63) is 41.0 Å². The number of fused-ring (bicyclic) bond motifs is 1. The molecule has 0 aliphatic heterocycles. The summed E-state index contributed by atoms with van der Waals surface area (Å²) < 4.78 is 4.60. The molecule has 3 rings (SSSR count). The monoisotopic (exact) mass is 318 g/mol. The number of thioether (sulfide) groups is 1. The van der Waals surface area contributed by atoms with Gasteiger partial charge in [0.15, 0.2) is 4.80 Å².